The van der Waals surface area contributed by atoms with Crippen molar-refractivity contribution in [3.63, 3.8) is 0 Å². The van der Waals surface area contributed by atoms with E-state index in [9.17, 15) is 0 Å². The average Bonchev–Trinajstić information content (AvgIpc) is 2.97. The largest absolute Gasteiger partial charge is 0.296 e. The van der Waals surface area contributed by atoms with Crippen LogP contribution in [0.25, 0.3) is 0 Å². The Morgan fingerprint density at radius 3 is 1.82 bits per heavy atom. The molecule has 0 unspecified atom stereocenters. The van der Waals surface area contributed by atoms with Crippen LogP contribution in [0.1, 0.15) is 60.8 Å². The molecule has 2 rings (SSSR count). The van der Waals surface area contributed by atoms with Crippen molar-refractivity contribution in [2.45, 2.75) is 66.8 Å². The Labute approximate surface area is 107 Å². The molecule has 0 radical (unpaired) electrons. The molecule has 1 nitrogen and oxygen atoms in total. The highest BCUT2D eigenvalue weighted by Gasteiger charge is 2.37. The normalized spacial score (nSPS) is 24.4. The first-order valence-electron chi connectivity index (χ1n) is 7.16. The van der Waals surface area contributed by atoms with E-state index in [4.69, 9.17) is 0 Å². The zero-order valence-corrected chi connectivity index (χ0v) is 12.6. The summed E-state index contributed by atoms with van der Waals surface area (Å²) in [4.78, 5) is 2.72. The summed E-state index contributed by atoms with van der Waals surface area (Å²) >= 11 is 0. The fraction of sp³-hybridized carbons (Fsp3) is 0.875. The van der Waals surface area contributed by atoms with Crippen molar-refractivity contribution in [2.75, 3.05) is 13.1 Å². The summed E-state index contributed by atoms with van der Waals surface area (Å²) in [6.45, 7) is 16.8. The fourth-order valence-electron chi connectivity index (χ4n) is 3.05. The van der Waals surface area contributed by atoms with Gasteiger partial charge in [0.25, 0.3) is 0 Å². The Balaban J connectivity index is 2.28. The van der Waals surface area contributed by atoms with Gasteiger partial charge in [-0.2, -0.15) is 0 Å². The Kier molecular flexibility index (Phi) is 3.18. The van der Waals surface area contributed by atoms with Crippen LogP contribution >= 0.6 is 0 Å². The third-order valence-electron chi connectivity index (χ3n) is 4.25. The van der Waals surface area contributed by atoms with E-state index < -0.39 is 0 Å². The van der Waals surface area contributed by atoms with Gasteiger partial charge in [-0.05, 0) is 30.1 Å². The highest BCUT2D eigenvalue weighted by molar-refractivity contribution is 5.29. The first-order valence-corrected chi connectivity index (χ1v) is 7.16. The van der Waals surface area contributed by atoms with Crippen molar-refractivity contribution in [3.8, 4) is 0 Å². The van der Waals surface area contributed by atoms with Crippen molar-refractivity contribution in [1.29, 1.82) is 0 Å². The molecule has 1 aliphatic heterocycles. The van der Waals surface area contributed by atoms with Crippen molar-refractivity contribution >= 4 is 0 Å². The summed E-state index contributed by atoms with van der Waals surface area (Å²) in [7, 11) is 0. The van der Waals surface area contributed by atoms with E-state index in [1.807, 2.05) is 0 Å². The van der Waals surface area contributed by atoms with Crippen LogP contribution in [0.5, 0.6) is 0 Å². The molecule has 1 heterocycles. The SMILES string of the molecule is CC(C)(C)C1=C(C(C)(C)C)CN(C2CC2)CC1. The topological polar surface area (TPSA) is 3.24 Å². The minimum absolute atomic E-state index is 0.330. The van der Waals surface area contributed by atoms with Gasteiger partial charge in [0, 0.05) is 19.1 Å². The Morgan fingerprint density at radius 1 is 0.882 bits per heavy atom. The predicted molar refractivity (Wildman–Crippen MR) is 75.1 cm³/mol. The molecule has 1 fully saturated rings. The molecule has 1 heteroatoms. The molecule has 0 saturated heterocycles. The molecule has 1 aliphatic carbocycles. The van der Waals surface area contributed by atoms with Crippen molar-refractivity contribution in [2.24, 2.45) is 10.8 Å². The first kappa shape index (κ1) is 13.1. The van der Waals surface area contributed by atoms with Gasteiger partial charge in [-0.3, -0.25) is 4.90 Å². The lowest BCUT2D eigenvalue weighted by atomic mass is 9.72. The van der Waals surface area contributed by atoms with Gasteiger partial charge in [-0.15, -0.1) is 0 Å². The van der Waals surface area contributed by atoms with Crippen LogP contribution in [-0.2, 0) is 0 Å². The molecular weight excluding hydrogens is 206 g/mol. The maximum Gasteiger partial charge on any atom is 0.0204 e. The standard InChI is InChI=1S/C16H29N/c1-15(2,3)13-9-10-17(12-7-8-12)11-14(13)16(4,5)6/h12H,7-11H2,1-6H3. The second-order valence-electron chi connectivity index (χ2n) is 7.91. The van der Waals surface area contributed by atoms with Gasteiger partial charge in [0.2, 0.25) is 0 Å². The summed E-state index contributed by atoms with van der Waals surface area (Å²) in [6, 6.07) is 0.911. The highest BCUT2D eigenvalue weighted by atomic mass is 15.2. The van der Waals surface area contributed by atoms with E-state index in [0.717, 1.165) is 6.04 Å². The summed E-state index contributed by atoms with van der Waals surface area (Å²) in [6.07, 6.45) is 4.15. The van der Waals surface area contributed by atoms with E-state index in [2.05, 4.69) is 46.4 Å². The molecule has 1 saturated carbocycles. The highest BCUT2D eigenvalue weighted by Crippen LogP contribution is 2.43. The molecule has 0 atom stereocenters. The van der Waals surface area contributed by atoms with Gasteiger partial charge >= 0.3 is 0 Å². The molecule has 0 aromatic heterocycles. The second-order valence-corrected chi connectivity index (χ2v) is 7.91. The molecule has 0 N–H and O–H groups in total. The smallest absolute Gasteiger partial charge is 0.0204 e. The Hall–Kier alpha value is -0.300. The minimum Gasteiger partial charge on any atom is -0.296 e. The van der Waals surface area contributed by atoms with E-state index in [-0.39, 0.29) is 0 Å². The Morgan fingerprint density at radius 2 is 1.41 bits per heavy atom. The lowest BCUT2D eigenvalue weighted by molar-refractivity contribution is 0.235. The van der Waals surface area contributed by atoms with Crippen LogP contribution in [0.4, 0.5) is 0 Å². The van der Waals surface area contributed by atoms with Crippen LogP contribution < -0.4 is 0 Å². The van der Waals surface area contributed by atoms with Gasteiger partial charge in [0.1, 0.15) is 0 Å². The van der Waals surface area contributed by atoms with Crippen molar-refractivity contribution in [3.05, 3.63) is 11.1 Å². The lowest BCUT2D eigenvalue weighted by Crippen LogP contribution is -2.39. The maximum absolute atomic E-state index is 2.72. The Bertz CT molecular complexity index is 320. The van der Waals surface area contributed by atoms with Gasteiger partial charge < -0.3 is 0 Å². The van der Waals surface area contributed by atoms with Crippen molar-refractivity contribution < 1.29 is 0 Å². The van der Waals surface area contributed by atoms with Crippen molar-refractivity contribution in [1.82, 2.24) is 4.90 Å². The van der Waals surface area contributed by atoms with E-state index in [1.165, 1.54) is 32.4 Å². The summed E-state index contributed by atoms with van der Waals surface area (Å²) in [5.41, 5.74) is 4.11. The van der Waals surface area contributed by atoms with E-state index in [1.54, 1.807) is 11.1 Å². The van der Waals surface area contributed by atoms with Gasteiger partial charge in [0.15, 0.2) is 0 Å². The van der Waals surface area contributed by atoms with Crippen LogP contribution in [0.15, 0.2) is 11.1 Å². The first-order chi connectivity index (χ1) is 7.69. The molecule has 0 spiro atoms. The summed E-state index contributed by atoms with van der Waals surface area (Å²) in [5.74, 6) is 0. The number of rotatable bonds is 1. The van der Waals surface area contributed by atoms with Crippen LogP contribution in [0, 0.1) is 10.8 Å². The van der Waals surface area contributed by atoms with Gasteiger partial charge in [-0.1, -0.05) is 52.7 Å². The third-order valence-corrected chi connectivity index (χ3v) is 4.25. The fourth-order valence-corrected chi connectivity index (χ4v) is 3.05. The van der Waals surface area contributed by atoms with Crippen LogP contribution in [0.2, 0.25) is 0 Å². The molecule has 0 bridgehead atoms. The molecular formula is C16H29N. The zero-order valence-electron chi connectivity index (χ0n) is 12.6. The molecule has 2 aliphatic rings. The lowest BCUT2D eigenvalue weighted by Gasteiger charge is -2.41. The molecule has 17 heavy (non-hydrogen) atoms. The van der Waals surface area contributed by atoms with Gasteiger partial charge in [-0.25, -0.2) is 0 Å². The maximum atomic E-state index is 2.72. The number of nitrogens with zero attached hydrogens (tertiary/aromatic N) is 1. The average molecular weight is 235 g/mol. The number of hydrogen-bond donors (Lipinski definition) is 0. The van der Waals surface area contributed by atoms with Crippen LogP contribution in [-0.4, -0.2) is 24.0 Å². The molecule has 0 aromatic rings. The second kappa shape index (κ2) is 4.12. The third kappa shape index (κ3) is 2.93. The van der Waals surface area contributed by atoms with E-state index in [0.29, 0.717) is 10.8 Å². The summed E-state index contributed by atoms with van der Waals surface area (Å²) in [5, 5.41) is 0. The minimum atomic E-state index is 0.330. The monoisotopic (exact) mass is 235 g/mol. The predicted octanol–water partition coefficient (Wildman–Crippen LogP) is 4.24. The molecule has 0 aromatic carbocycles. The molecule has 98 valence electrons. The van der Waals surface area contributed by atoms with Crippen LogP contribution in [0.3, 0.4) is 0 Å². The quantitative estimate of drug-likeness (QED) is 0.614. The van der Waals surface area contributed by atoms with Gasteiger partial charge in [0.05, 0.1) is 0 Å². The van der Waals surface area contributed by atoms with E-state index >= 15 is 0 Å². The molecule has 0 amide bonds. The summed E-state index contributed by atoms with van der Waals surface area (Å²) < 4.78 is 0. The number of hydrogen-bond acceptors (Lipinski definition) is 1. The zero-order chi connectivity index (χ0) is 12.8.